The van der Waals surface area contributed by atoms with E-state index in [0.717, 1.165) is 28.6 Å². The van der Waals surface area contributed by atoms with Crippen LogP contribution < -0.4 is 0 Å². The molecule has 0 spiro atoms. The lowest BCUT2D eigenvalue weighted by atomic mass is 10.1. The Hall–Kier alpha value is -2.71. The molecule has 2 aromatic carbocycles. The zero-order chi connectivity index (χ0) is 14.8. The summed E-state index contributed by atoms with van der Waals surface area (Å²) in [7, 11) is 0. The highest BCUT2D eigenvalue weighted by Crippen LogP contribution is 2.29. The minimum absolute atomic E-state index is 0.528. The van der Waals surface area contributed by atoms with Gasteiger partial charge in [0.2, 0.25) is 12.0 Å². The van der Waals surface area contributed by atoms with E-state index in [1.807, 2.05) is 37.3 Å². The van der Waals surface area contributed by atoms with E-state index in [1.165, 1.54) is 5.56 Å². The van der Waals surface area contributed by atoms with Gasteiger partial charge in [0, 0.05) is 5.56 Å². The van der Waals surface area contributed by atoms with Gasteiger partial charge < -0.3 is 4.42 Å². The Morgan fingerprint density at radius 3 is 2.86 bits per heavy atom. The third-order valence-electron chi connectivity index (χ3n) is 3.48. The lowest BCUT2D eigenvalue weighted by Gasteiger charge is -2.00. The van der Waals surface area contributed by atoms with E-state index in [4.69, 9.17) is 4.42 Å². The van der Waals surface area contributed by atoms with Crippen LogP contribution in [0.3, 0.4) is 0 Å². The van der Waals surface area contributed by atoms with Crippen molar-refractivity contribution in [3.8, 4) is 11.5 Å². The molecule has 0 atom stereocenters. The molecule has 4 heteroatoms. The Morgan fingerprint density at radius 2 is 2.10 bits per heavy atom. The van der Waals surface area contributed by atoms with Crippen molar-refractivity contribution in [3.05, 3.63) is 47.5 Å². The highest BCUT2D eigenvalue weighted by molar-refractivity contribution is 5.77. The number of fused-ring (bicyclic) bond motifs is 1. The minimum Gasteiger partial charge on any atom is -0.436 e. The summed E-state index contributed by atoms with van der Waals surface area (Å²) in [5.41, 5.74) is 5.10. The number of hydrogen-bond donors (Lipinski definition) is 0. The summed E-state index contributed by atoms with van der Waals surface area (Å²) in [5.74, 6) is 0.528. The quantitative estimate of drug-likeness (QED) is 0.529. The summed E-state index contributed by atoms with van der Waals surface area (Å²) in [6.07, 6.45) is 2.53. The Morgan fingerprint density at radius 1 is 1.24 bits per heavy atom. The molecule has 0 bridgehead atoms. The molecule has 0 saturated carbocycles. The Balaban J connectivity index is 2.11. The van der Waals surface area contributed by atoms with Crippen LogP contribution in [0.2, 0.25) is 0 Å². The van der Waals surface area contributed by atoms with Crippen LogP contribution in [0.4, 0.5) is 5.69 Å². The van der Waals surface area contributed by atoms with Gasteiger partial charge in [-0.2, -0.15) is 4.99 Å². The summed E-state index contributed by atoms with van der Waals surface area (Å²) in [6.45, 7) is 3.99. The van der Waals surface area contributed by atoms with Crippen molar-refractivity contribution < 1.29 is 9.21 Å². The highest BCUT2D eigenvalue weighted by Gasteiger charge is 2.10. The molecular formula is C17H14N2O2. The number of aryl methyl sites for hydroxylation is 2. The molecule has 0 aliphatic rings. The maximum absolute atomic E-state index is 10.5. The van der Waals surface area contributed by atoms with Crippen molar-refractivity contribution in [1.82, 2.24) is 4.98 Å². The first-order valence-corrected chi connectivity index (χ1v) is 6.79. The van der Waals surface area contributed by atoms with Gasteiger partial charge in [-0.15, -0.1) is 0 Å². The van der Waals surface area contributed by atoms with Crippen LogP contribution >= 0.6 is 0 Å². The van der Waals surface area contributed by atoms with Crippen molar-refractivity contribution >= 4 is 22.9 Å². The number of oxazole rings is 1. The van der Waals surface area contributed by atoms with Crippen molar-refractivity contribution in [2.45, 2.75) is 20.3 Å². The second-order valence-electron chi connectivity index (χ2n) is 4.88. The zero-order valence-corrected chi connectivity index (χ0v) is 11.9. The standard InChI is InChI=1S/C17H14N2O2/c1-3-12-5-7-16-15(8-12)19-17(21-16)13-6-4-11(2)14(9-13)18-10-20/h4-9H,3H2,1-2H3. The number of aliphatic imine (C=N–C) groups is 1. The summed E-state index contributed by atoms with van der Waals surface area (Å²) in [5, 5.41) is 0. The van der Waals surface area contributed by atoms with Gasteiger partial charge >= 0.3 is 0 Å². The molecular weight excluding hydrogens is 264 g/mol. The molecule has 0 radical (unpaired) electrons. The molecule has 1 aromatic heterocycles. The van der Waals surface area contributed by atoms with Gasteiger partial charge in [-0.25, -0.2) is 9.78 Å². The maximum atomic E-state index is 10.5. The average Bonchev–Trinajstić information content (AvgIpc) is 2.92. The highest BCUT2D eigenvalue weighted by atomic mass is 16.3. The second kappa shape index (κ2) is 5.35. The summed E-state index contributed by atoms with van der Waals surface area (Å²) < 4.78 is 5.78. The number of benzene rings is 2. The fourth-order valence-electron chi connectivity index (χ4n) is 2.23. The third-order valence-corrected chi connectivity index (χ3v) is 3.48. The molecule has 0 N–H and O–H groups in total. The topological polar surface area (TPSA) is 55.5 Å². The average molecular weight is 278 g/mol. The normalized spacial score (nSPS) is 10.6. The van der Waals surface area contributed by atoms with Gasteiger partial charge in [0.25, 0.3) is 0 Å². The zero-order valence-electron chi connectivity index (χ0n) is 11.9. The molecule has 0 aliphatic heterocycles. The second-order valence-corrected chi connectivity index (χ2v) is 4.88. The molecule has 0 unspecified atom stereocenters. The molecule has 0 saturated heterocycles. The largest absolute Gasteiger partial charge is 0.436 e. The van der Waals surface area contributed by atoms with E-state index in [0.29, 0.717) is 11.6 Å². The monoisotopic (exact) mass is 278 g/mol. The van der Waals surface area contributed by atoms with E-state index in [9.17, 15) is 4.79 Å². The van der Waals surface area contributed by atoms with E-state index in [-0.39, 0.29) is 0 Å². The van der Waals surface area contributed by atoms with E-state index < -0.39 is 0 Å². The van der Waals surface area contributed by atoms with E-state index in [1.54, 1.807) is 12.1 Å². The van der Waals surface area contributed by atoms with Crippen LogP contribution in [0.5, 0.6) is 0 Å². The van der Waals surface area contributed by atoms with Crippen LogP contribution in [0.25, 0.3) is 22.6 Å². The smallest absolute Gasteiger partial charge is 0.240 e. The van der Waals surface area contributed by atoms with E-state index in [2.05, 4.69) is 16.9 Å². The van der Waals surface area contributed by atoms with Gasteiger partial charge in [0.15, 0.2) is 5.58 Å². The van der Waals surface area contributed by atoms with Crippen LogP contribution in [0, 0.1) is 6.92 Å². The molecule has 0 amide bonds. The van der Waals surface area contributed by atoms with Crippen molar-refractivity contribution in [2.24, 2.45) is 4.99 Å². The number of hydrogen-bond acceptors (Lipinski definition) is 4. The molecule has 21 heavy (non-hydrogen) atoms. The van der Waals surface area contributed by atoms with Gasteiger partial charge in [0.1, 0.15) is 5.52 Å². The first kappa shape index (κ1) is 13.3. The van der Waals surface area contributed by atoms with Crippen molar-refractivity contribution in [3.63, 3.8) is 0 Å². The molecule has 0 fully saturated rings. The van der Waals surface area contributed by atoms with Gasteiger partial charge in [-0.1, -0.05) is 19.1 Å². The van der Waals surface area contributed by atoms with Crippen LogP contribution in [0.1, 0.15) is 18.1 Å². The molecule has 1 heterocycles. The maximum Gasteiger partial charge on any atom is 0.240 e. The lowest BCUT2D eigenvalue weighted by Crippen LogP contribution is -1.80. The summed E-state index contributed by atoms with van der Waals surface area (Å²) >= 11 is 0. The first-order chi connectivity index (χ1) is 10.2. The Kier molecular flexibility index (Phi) is 3.38. The van der Waals surface area contributed by atoms with Crippen LogP contribution in [-0.4, -0.2) is 11.1 Å². The SMILES string of the molecule is CCc1ccc2oc(-c3ccc(C)c(N=C=O)c3)nc2c1. The van der Waals surface area contributed by atoms with E-state index >= 15 is 0 Å². The number of isocyanates is 1. The molecule has 104 valence electrons. The summed E-state index contributed by atoms with van der Waals surface area (Å²) in [4.78, 5) is 18.7. The van der Waals surface area contributed by atoms with Gasteiger partial charge in [-0.05, 0) is 48.7 Å². The molecule has 0 aliphatic carbocycles. The number of carbonyl (C=O) groups excluding carboxylic acids is 1. The number of aromatic nitrogens is 1. The first-order valence-electron chi connectivity index (χ1n) is 6.79. The van der Waals surface area contributed by atoms with Crippen molar-refractivity contribution in [2.75, 3.05) is 0 Å². The molecule has 3 rings (SSSR count). The number of nitrogens with zero attached hydrogens (tertiary/aromatic N) is 2. The predicted molar refractivity (Wildman–Crippen MR) is 81.3 cm³/mol. The van der Waals surface area contributed by atoms with Gasteiger partial charge in [0.05, 0.1) is 5.69 Å². The Bertz CT molecular complexity index is 858. The van der Waals surface area contributed by atoms with Gasteiger partial charge in [-0.3, -0.25) is 0 Å². The third kappa shape index (κ3) is 2.49. The van der Waals surface area contributed by atoms with Crippen LogP contribution in [-0.2, 0) is 11.2 Å². The fraction of sp³-hybridized carbons (Fsp3) is 0.176. The molecule has 4 nitrogen and oxygen atoms in total. The Labute approximate surface area is 122 Å². The summed E-state index contributed by atoms with van der Waals surface area (Å²) in [6, 6.07) is 11.6. The van der Waals surface area contributed by atoms with Crippen molar-refractivity contribution in [1.29, 1.82) is 0 Å². The lowest BCUT2D eigenvalue weighted by molar-refractivity contribution is 0.565. The van der Waals surface area contributed by atoms with Crippen LogP contribution in [0.15, 0.2) is 45.8 Å². The number of rotatable bonds is 3. The molecule has 3 aromatic rings. The predicted octanol–water partition coefficient (Wildman–Crippen LogP) is 4.33. The fourth-order valence-corrected chi connectivity index (χ4v) is 2.23. The minimum atomic E-state index is 0.528.